The molecule has 0 bridgehead atoms. The second-order valence-corrected chi connectivity index (χ2v) is 7.32. The van der Waals surface area contributed by atoms with Gasteiger partial charge in [-0.1, -0.05) is 6.42 Å². The third-order valence-corrected chi connectivity index (χ3v) is 5.59. The van der Waals surface area contributed by atoms with Gasteiger partial charge in [0.2, 0.25) is 10.0 Å². The zero-order valence-corrected chi connectivity index (χ0v) is 13.1. The lowest BCUT2D eigenvalue weighted by Crippen LogP contribution is -2.48. The maximum absolute atomic E-state index is 13.0. The first-order valence-corrected chi connectivity index (χ1v) is 8.56. The smallest absolute Gasteiger partial charge is 0.243 e. The van der Waals surface area contributed by atoms with Crippen LogP contribution in [-0.2, 0) is 19.6 Å². The minimum atomic E-state index is -3.87. The van der Waals surface area contributed by atoms with E-state index in [1.54, 1.807) is 0 Å². The molecular formula is C15H18FNO4S. The molecule has 1 aliphatic rings. The summed E-state index contributed by atoms with van der Waals surface area (Å²) in [7, 11) is -3.87. The summed E-state index contributed by atoms with van der Waals surface area (Å²) >= 11 is 0. The van der Waals surface area contributed by atoms with Crippen LogP contribution >= 0.6 is 0 Å². The molecule has 1 atom stereocenters. The third-order valence-electron chi connectivity index (χ3n) is 3.67. The van der Waals surface area contributed by atoms with Crippen molar-refractivity contribution in [1.29, 1.82) is 0 Å². The molecule has 0 aromatic heterocycles. The van der Waals surface area contributed by atoms with Crippen molar-refractivity contribution in [3.05, 3.63) is 30.1 Å². The summed E-state index contributed by atoms with van der Waals surface area (Å²) in [5, 5.41) is 0. The van der Waals surface area contributed by atoms with E-state index in [-0.39, 0.29) is 29.4 Å². The molecule has 5 nitrogen and oxygen atoms in total. The minimum Gasteiger partial charge on any atom is -0.300 e. The maximum atomic E-state index is 13.0. The van der Waals surface area contributed by atoms with Crippen molar-refractivity contribution in [2.45, 2.75) is 43.5 Å². The number of hydrogen-bond acceptors (Lipinski definition) is 4. The quantitative estimate of drug-likeness (QED) is 0.775. The SMILES string of the molecule is CC(=O)CC(=O)[C@@H]1CCCCN1S(=O)(=O)c1ccc(F)cc1. The second kappa shape index (κ2) is 6.66. The Morgan fingerprint density at radius 2 is 1.86 bits per heavy atom. The van der Waals surface area contributed by atoms with Gasteiger partial charge in [0.05, 0.1) is 17.4 Å². The first kappa shape index (κ1) is 16.8. The van der Waals surface area contributed by atoms with Crippen molar-refractivity contribution in [2.24, 2.45) is 0 Å². The number of piperidine rings is 1. The van der Waals surface area contributed by atoms with Gasteiger partial charge in [-0.15, -0.1) is 0 Å². The summed E-state index contributed by atoms with van der Waals surface area (Å²) in [4.78, 5) is 23.2. The Bertz CT molecular complexity index is 669. The van der Waals surface area contributed by atoms with Gasteiger partial charge >= 0.3 is 0 Å². The molecule has 1 fully saturated rings. The van der Waals surface area contributed by atoms with E-state index in [2.05, 4.69) is 0 Å². The summed E-state index contributed by atoms with van der Waals surface area (Å²) in [5.41, 5.74) is 0. The van der Waals surface area contributed by atoms with Crippen LogP contribution in [0, 0.1) is 5.82 Å². The molecule has 0 N–H and O–H groups in total. The first-order chi connectivity index (χ1) is 10.3. The number of carbonyl (C=O) groups is 2. The average molecular weight is 327 g/mol. The van der Waals surface area contributed by atoms with Crippen molar-refractivity contribution in [3.63, 3.8) is 0 Å². The fraction of sp³-hybridized carbons (Fsp3) is 0.467. The zero-order chi connectivity index (χ0) is 16.3. The Balaban J connectivity index is 2.31. The lowest BCUT2D eigenvalue weighted by molar-refractivity contribution is -0.128. The molecule has 2 rings (SSSR count). The van der Waals surface area contributed by atoms with Crippen molar-refractivity contribution in [3.8, 4) is 0 Å². The molecular weight excluding hydrogens is 309 g/mol. The van der Waals surface area contributed by atoms with Crippen molar-refractivity contribution in [2.75, 3.05) is 6.54 Å². The predicted molar refractivity (Wildman–Crippen MR) is 78.2 cm³/mol. The van der Waals surface area contributed by atoms with E-state index >= 15 is 0 Å². The second-order valence-electron chi connectivity index (χ2n) is 5.43. The van der Waals surface area contributed by atoms with Gasteiger partial charge in [0, 0.05) is 6.54 Å². The number of rotatable bonds is 5. The van der Waals surface area contributed by atoms with Gasteiger partial charge in [-0.3, -0.25) is 9.59 Å². The largest absolute Gasteiger partial charge is 0.300 e. The van der Waals surface area contributed by atoms with Crippen LogP contribution in [0.15, 0.2) is 29.2 Å². The summed E-state index contributed by atoms with van der Waals surface area (Å²) in [6.07, 6.45) is 1.54. The lowest BCUT2D eigenvalue weighted by Gasteiger charge is -2.33. The van der Waals surface area contributed by atoms with Crippen molar-refractivity contribution < 1.29 is 22.4 Å². The van der Waals surface area contributed by atoms with Gasteiger partial charge in [-0.05, 0) is 44.0 Å². The highest BCUT2D eigenvalue weighted by molar-refractivity contribution is 7.89. The molecule has 0 radical (unpaired) electrons. The van der Waals surface area contributed by atoms with Crippen LogP contribution in [-0.4, -0.2) is 36.9 Å². The van der Waals surface area contributed by atoms with Gasteiger partial charge in [0.25, 0.3) is 0 Å². The molecule has 1 saturated heterocycles. The average Bonchev–Trinajstić information content (AvgIpc) is 2.47. The van der Waals surface area contributed by atoms with Gasteiger partial charge in [0.1, 0.15) is 11.6 Å². The van der Waals surface area contributed by atoms with Crippen LogP contribution in [0.2, 0.25) is 0 Å². The molecule has 1 aromatic rings. The normalized spacial score (nSPS) is 19.8. The molecule has 7 heteroatoms. The van der Waals surface area contributed by atoms with E-state index in [1.165, 1.54) is 19.1 Å². The molecule has 0 saturated carbocycles. The third kappa shape index (κ3) is 3.59. The topological polar surface area (TPSA) is 71.5 Å². The predicted octanol–water partition coefficient (Wildman–Crippen LogP) is 1.92. The number of sulfonamides is 1. The van der Waals surface area contributed by atoms with E-state index in [4.69, 9.17) is 0 Å². The van der Waals surface area contributed by atoms with Crippen LogP contribution in [0.1, 0.15) is 32.6 Å². The van der Waals surface area contributed by atoms with Gasteiger partial charge < -0.3 is 0 Å². The van der Waals surface area contributed by atoms with Crippen LogP contribution in [0.3, 0.4) is 0 Å². The fourth-order valence-corrected chi connectivity index (χ4v) is 4.30. The Kier molecular flexibility index (Phi) is 5.08. The number of Topliss-reactive ketones (excluding diaryl/α,β-unsaturated/α-hetero) is 2. The number of ketones is 2. The highest BCUT2D eigenvalue weighted by atomic mass is 32.2. The Labute approximate surface area is 129 Å². The van der Waals surface area contributed by atoms with Crippen LogP contribution in [0.5, 0.6) is 0 Å². The monoisotopic (exact) mass is 327 g/mol. The van der Waals surface area contributed by atoms with E-state index < -0.39 is 21.9 Å². The van der Waals surface area contributed by atoms with Crippen LogP contribution < -0.4 is 0 Å². The minimum absolute atomic E-state index is 0.0450. The maximum Gasteiger partial charge on any atom is 0.243 e. The Hall–Kier alpha value is -1.60. The van der Waals surface area contributed by atoms with Crippen LogP contribution in [0.4, 0.5) is 4.39 Å². The first-order valence-electron chi connectivity index (χ1n) is 7.12. The number of nitrogens with zero attached hydrogens (tertiary/aromatic N) is 1. The molecule has 0 unspecified atom stereocenters. The molecule has 0 amide bonds. The van der Waals surface area contributed by atoms with Gasteiger partial charge in [-0.25, -0.2) is 12.8 Å². The van der Waals surface area contributed by atoms with Gasteiger partial charge in [-0.2, -0.15) is 4.31 Å². The van der Waals surface area contributed by atoms with Gasteiger partial charge in [0.15, 0.2) is 5.78 Å². The van der Waals surface area contributed by atoms with Crippen LogP contribution in [0.25, 0.3) is 0 Å². The molecule has 1 aliphatic heterocycles. The van der Waals surface area contributed by atoms with Crippen molar-refractivity contribution >= 4 is 21.6 Å². The number of hydrogen-bond donors (Lipinski definition) is 0. The van der Waals surface area contributed by atoms with E-state index in [9.17, 15) is 22.4 Å². The summed E-state index contributed by atoms with van der Waals surface area (Å²) in [5.74, 6) is -1.19. The Morgan fingerprint density at radius 3 is 2.45 bits per heavy atom. The number of benzene rings is 1. The molecule has 1 aromatic carbocycles. The van der Waals surface area contributed by atoms with E-state index in [0.29, 0.717) is 12.8 Å². The molecule has 0 spiro atoms. The molecule has 120 valence electrons. The fourth-order valence-electron chi connectivity index (χ4n) is 2.62. The summed E-state index contributed by atoms with van der Waals surface area (Å²) < 4.78 is 39.4. The highest BCUT2D eigenvalue weighted by Gasteiger charge is 2.37. The molecule has 22 heavy (non-hydrogen) atoms. The summed E-state index contributed by atoms with van der Waals surface area (Å²) in [6, 6.07) is 3.71. The van der Waals surface area contributed by atoms with E-state index in [1.807, 2.05) is 0 Å². The van der Waals surface area contributed by atoms with E-state index in [0.717, 1.165) is 22.9 Å². The highest BCUT2D eigenvalue weighted by Crippen LogP contribution is 2.26. The standard InChI is InChI=1S/C15H18FNO4S/c1-11(18)10-15(19)14-4-2-3-9-17(14)22(20,21)13-7-5-12(16)6-8-13/h5-8,14H,2-4,9-10H2,1H3/t14-/m0/s1. The van der Waals surface area contributed by atoms with Crippen molar-refractivity contribution in [1.82, 2.24) is 4.31 Å². The zero-order valence-electron chi connectivity index (χ0n) is 12.3. The Morgan fingerprint density at radius 1 is 1.23 bits per heavy atom. The summed E-state index contributed by atoms with van der Waals surface area (Å²) in [6.45, 7) is 1.54. The molecule has 0 aliphatic carbocycles. The molecule has 1 heterocycles. The number of carbonyl (C=O) groups excluding carboxylic acids is 2. The lowest BCUT2D eigenvalue weighted by atomic mass is 9.98. The number of halogens is 1.